The molecule has 0 spiro atoms. The molecular formula is C14H23N5O3S. The Morgan fingerprint density at radius 2 is 1.87 bits per heavy atom. The van der Waals surface area contributed by atoms with Crippen molar-refractivity contribution in [1.29, 1.82) is 0 Å². The Bertz CT molecular complexity index is 640. The second-order valence-corrected chi connectivity index (χ2v) is 7.57. The van der Waals surface area contributed by atoms with Crippen molar-refractivity contribution < 1.29 is 13.2 Å². The summed E-state index contributed by atoms with van der Waals surface area (Å²) in [5.41, 5.74) is 0.830. The lowest BCUT2D eigenvalue weighted by Gasteiger charge is -2.28. The van der Waals surface area contributed by atoms with E-state index in [9.17, 15) is 8.42 Å². The first-order valence-electron chi connectivity index (χ1n) is 7.96. The van der Waals surface area contributed by atoms with Crippen LogP contribution in [0.25, 0.3) is 0 Å². The summed E-state index contributed by atoms with van der Waals surface area (Å²) < 4.78 is 33.9. The first kappa shape index (κ1) is 16.6. The molecule has 9 heteroatoms. The van der Waals surface area contributed by atoms with Crippen LogP contribution in [-0.4, -0.2) is 62.1 Å². The van der Waals surface area contributed by atoms with Gasteiger partial charge in [-0.2, -0.15) is 17.4 Å². The topological polar surface area (TPSA) is 87.7 Å². The van der Waals surface area contributed by atoms with Crippen LogP contribution in [0, 0.1) is 6.92 Å². The van der Waals surface area contributed by atoms with E-state index in [2.05, 4.69) is 19.6 Å². The van der Waals surface area contributed by atoms with E-state index in [-0.39, 0.29) is 6.54 Å². The van der Waals surface area contributed by atoms with Gasteiger partial charge in [-0.15, -0.1) is 0 Å². The lowest BCUT2D eigenvalue weighted by Crippen LogP contribution is -2.39. The summed E-state index contributed by atoms with van der Waals surface area (Å²) in [5, 5.41) is 0. The van der Waals surface area contributed by atoms with Crippen LogP contribution in [0.15, 0.2) is 6.07 Å². The fourth-order valence-electron chi connectivity index (χ4n) is 2.82. The predicted octanol–water partition coefficient (Wildman–Crippen LogP) is 0.0518. The third kappa shape index (κ3) is 4.17. The molecule has 1 aromatic rings. The molecule has 0 radical (unpaired) electrons. The predicted molar refractivity (Wildman–Crippen MR) is 86.4 cm³/mol. The van der Waals surface area contributed by atoms with Gasteiger partial charge in [-0.25, -0.2) is 9.97 Å². The average Bonchev–Trinajstić information content (AvgIpc) is 3.09. The molecule has 2 aliphatic rings. The standard InChI is InChI=1S/C14H23N5O3S/c1-12-10-14(18-6-8-22-9-7-18)17-13(16-12)11-15-23(20,21)19-4-2-3-5-19/h10,15H,2-9,11H2,1H3. The van der Waals surface area contributed by atoms with Gasteiger partial charge in [-0.1, -0.05) is 0 Å². The van der Waals surface area contributed by atoms with Crippen molar-refractivity contribution in [2.75, 3.05) is 44.3 Å². The lowest BCUT2D eigenvalue weighted by atomic mass is 10.3. The van der Waals surface area contributed by atoms with Crippen LogP contribution in [0.2, 0.25) is 0 Å². The lowest BCUT2D eigenvalue weighted by molar-refractivity contribution is 0.122. The maximum atomic E-state index is 12.2. The van der Waals surface area contributed by atoms with Crippen LogP contribution >= 0.6 is 0 Å². The first-order chi connectivity index (χ1) is 11.0. The van der Waals surface area contributed by atoms with Crippen molar-refractivity contribution in [3.63, 3.8) is 0 Å². The van der Waals surface area contributed by atoms with Crippen LogP contribution in [0.4, 0.5) is 5.82 Å². The molecule has 0 aliphatic carbocycles. The minimum absolute atomic E-state index is 0.109. The van der Waals surface area contributed by atoms with Gasteiger partial charge in [0.2, 0.25) is 0 Å². The summed E-state index contributed by atoms with van der Waals surface area (Å²) >= 11 is 0. The summed E-state index contributed by atoms with van der Waals surface area (Å²) in [6.45, 7) is 6.11. The van der Waals surface area contributed by atoms with Gasteiger partial charge < -0.3 is 9.64 Å². The molecule has 0 unspecified atom stereocenters. The van der Waals surface area contributed by atoms with Crippen LogP contribution in [0.5, 0.6) is 0 Å². The van der Waals surface area contributed by atoms with Gasteiger partial charge >= 0.3 is 0 Å². The quantitative estimate of drug-likeness (QED) is 0.814. The van der Waals surface area contributed by atoms with Gasteiger partial charge in [0.15, 0.2) is 0 Å². The van der Waals surface area contributed by atoms with E-state index in [1.807, 2.05) is 13.0 Å². The Labute approximate surface area is 137 Å². The third-order valence-corrected chi connectivity index (χ3v) is 5.59. The van der Waals surface area contributed by atoms with Crippen LogP contribution in [-0.2, 0) is 21.5 Å². The van der Waals surface area contributed by atoms with Crippen LogP contribution in [0.3, 0.4) is 0 Å². The molecule has 0 aromatic carbocycles. The maximum absolute atomic E-state index is 12.2. The highest BCUT2D eigenvalue weighted by Crippen LogP contribution is 2.15. The van der Waals surface area contributed by atoms with Crippen LogP contribution in [0.1, 0.15) is 24.4 Å². The number of ether oxygens (including phenoxy) is 1. The minimum atomic E-state index is -3.44. The summed E-state index contributed by atoms with van der Waals surface area (Å²) in [5.74, 6) is 1.32. The molecule has 8 nitrogen and oxygen atoms in total. The molecular weight excluding hydrogens is 318 g/mol. The number of morpholine rings is 1. The largest absolute Gasteiger partial charge is 0.378 e. The number of nitrogens with zero attached hydrogens (tertiary/aromatic N) is 4. The molecule has 2 aliphatic heterocycles. The highest BCUT2D eigenvalue weighted by atomic mass is 32.2. The highest BCUT2D eigenvalue weighted by Gasteiger charge is 2.25. The highest BCUT2D eigenvalue weighted by molar-refractivity contribution is 7.87. The van der Waals surface area contributed by atoms with Crippen molar-refractivity contribution in [2.24, 2.45) is 0 Å². The molecule has 3 rings (SSSR count). The van der Waals surface area contributed by atoms with Gasteiger partial charge in [0.05, 0.1) is 19.8 Å². The molecule has 23 heavy (non-hydrogen) atoms. The minimum Gasteiger partial charge on any atom is -0.378 e. The number of rotatable bonds is 5. The first-order valence-corrected chi connectivity index (χ1v) is 9.40. The zero-order valence-electron chi connectivity index (χ0n) is 13.4. The monoisotopic (exact) mass is 341 g/mol. The molecule has 2 saturated heterocycles. The molecule has 128 valence electrons. The van der Waals surface area contributed by atoms with Gasteiger partial charge in [-0.3, -0.25) is 0 Å². The van der Waals surface area contributed by atoms with E-state index < -0.39 is 10.2 Å². The van der Waals surface area contributed by atoms with Crippen LogP contribution < -0.4 is 9.62 Å². The zero-order chi connectivity index (χ0) is 16.3. The van der Waals surface area contributed by atoms with Crippen molar-refractivity contribution in [1.82, 2.24) is 19.0 Å². The second kappa shape index (κ2) is 7.08. The Hall–Kier alpha value is -1.29. The van der Waals surface area contributed by atoms with E-state index in [0.29, 0.717) is 32.1 Å². The van der Waals surface area contributed by atoms with Crippen molar-refractivity contribution in [3.8, 4) is 0 Å². The SMILES string of the molecule is Cc1cc(N2CCOCC2)nc(CNS(=O)(=O)N2CCCC2)n1. The van der Waals surface area contributed by atoms with Gasteiger partial charge in [0.1, 0.15) is 11.6 Å². The molecule has 0 bridgehead atoms. The molecule has 0 saturated carbocycles. The van der Waals surface area contributed by atoms with E-state index in [1.165, 1.54) is 4.31 Å². The van der Waals surface area contributed by atoms with Crippen molar-refractivity contribution in [3.05, 3.63) is 17.6 Å². The Morgan fingerprint density at radius 3 is 2.57 bits per heavy atom. The second-order valence-electron chi connectivity index (χ2n) is 5.82. The molecule has 0 amide bonds. The van der Waals surface area contributed by atoms with Gasteiger partial charge in [-0.05, 0) is 19.8 Å². The van der Waals surface area contributed by atoms with E-state index >= 15 is 0 Å². The van der Waals surface area contributed by atoms with Gasteiger partial charge in [0, 0.05) is 37.9 Å². The Morgan fingerprint density at radius 1 is 1.17 bits per heavy atom. The molecule has 3 heterocycles. The Balaban J connectivity index is 1.68. The number of nitrogens with one attached hydrogen (secondary N) is 1. The fourth-order valence-corrected chi connectivity index (χ4v) is 4.05. The molecule has 2 fully saturated rings. The van der Waals surface area contributed by atoms with Gasteiger partial charge in [0.25, 0.3) is 10.2 Å². The smallest absolute Gasteiger partial charge is 0.279 e. The maximum Gasteiger partial charge on any atom is 0.279 e. The van der Waals surface area contributed by atoms with E-state index in [1.54, 1.807) is 0 Å². The summed E-state index contributed by atoms with van der Waals surface area (Å²) in [4.78, 5) is 11.0. The molecule has 1 N–H and O–H groups in total. The number of hydrogen-bond acceptors (Lipinski definition) is 6. The zero-order valence-corrected chi connectivity index (χ0v) is 14.2. The average molecular weight is 341 g/mol. The summed E-state index contributed by atoms with van der Waals surface area (Å²) in [6.07, 6.45) is 1.84. The number of aromatic nitrogens is 2. The van der Waals surface area contributed by atoms with E-state index in [4.69, 9.17) is 4.74 Å². The molecule has 1 aromatic heterocycles. The molecule has 0 atom stereocenters. The summed E-state index contributed by atoms with van der Waals surface area (Å²) in [7, 11) is -3.44. The third-order valence-electron chi connectivity index (χ3n) is 4.04. The Kier molecular flexibility index (Phi) is 5.10. The fraction of sp³-hybridized carbons (Fsp3) is 0.714. The number of anilines is 1. The number of aryl methyl sites for hydroxylation is 1. The number of hydrogen-bond donors (Lipinski definition) is 1. The van der Waals surface area contributed by atoms with Crippen molar-refractivity contribution in [2.45, 2.75) is 26.3 Å². The summed E-state index contributed by atoms with van der Waals surface area (Å²) in [6, 6.07) is 1.92. The van der Waals surface area contributed by atoms with Crippen molar-refractivity contribution >= 4 is 16.0 Å². The van der Waals surface area contributed by atoms with E-state index in [0.717, 1.165) is 37.4 Å². The normalized spacial score (nSPS) is 20.1.